The van der Waals surface area contributed by atoms with Crippen molar-refractivity contribution in [1.29, 1.82) is 0 Å². The van der Waals surface area contributed by atoms with Crippen LogP contribution in [0.25, 0.3) is 11.2 Å². The number of imidazole rings is 1. The molecule has 118 valence electrons. The standard InChI is InChI=1S/C10H12N6O6/c11-10-13-7-4(8(19)14-10)12-2-16(7)9-6(18)5(17)3(22-9)1-21-15-20/h2-3,5-6,9,17-18H,1H2,(H3,11,13,14,19)/t3-,5-,6-,9-/m1/s1. The quantitative estimate of drug-likeness (QED) is 0.367. The molecular weight excluding hydrogens is 300 g/mol. The number of nitrogens with zero attached hydrogens (tertiary/aromatic N) is 4. The first-order valence-corrected chi connectivity index (χ1v) is 6.21. The van der Waals surface area contributed by atoms with E-state index in [0.717, 1.165) is 0 Å². The van der Waals surface area contributed by atoms with E-state index in [0.29, 0.717) is 0 Å². The third-order valence-electron chi connectivity index (χ3n) is 3.35. The monoisotopic (exact) mass is 312 g/mol. The molecule has 0 aromatic carbocycles. The topological polar surface area (TPSA) is 178 Å². The summed E-state index contributed by atoms with van der Waals surface area (Å²) in [5.74, 6) is -0.127. The summed E-state index contributed by atoms with van der Waals surface area (Å²) >= 11 is 0. The maximum absolute atomic E-state index is 11.7. The van der Waals surface area contributed by atoms with Crippen molar-refractivity contribution in [1.82, 2.24) is 19.5 Å². The summed E-state index contributed by atoms with van der Waals surface area (Å²) in [7, 11) is 0. The average molecular weight is 312 g/mol. The number of nitrogen functional groups attached to an aromatic ring is 1. The van der Waals surface area contributed by atoms with Crippen LogP contribution in [0.5, 0.6) is 0 Å². The first-order valence-electron chi connectivity index (χ1n) is 6.21. The molecular formula is C10H12N6O6. The minimum absolute atomic E-state index is 0.00810. The molecule has 1 saturated heterocycles. The molecule has 22 heavy (non-hydrogen) atoms. The molecule has 0 radical (unpaired) electrons. The molecule has 1 aliphatic rings. The summed E-state index contributed by atoms with van der Waals surface area (Å²) in [5, 5.41) is 22.2. The zero-order chi connectivity index (χ0) is 15.9. The predicted molar refractivity (Wildman–Crippen MR) is 70.2 cm³/mol. The number of aliphatic hydroxyl groups is 2. The number of anilines is 1. The molecule has 12 nitrogen and oxygen atoms in total. The van der Waals surface area contributed by atoms with Gasteiger partial charge in [-0.3, -0.25) is 14.3 Å². The first kappa shape index (κ1) is 14.4. The van der Waals surface area contributed by atoms with Crippen LogP contribution in [0.15, 0.2) is 16.5 Å². The van der Waals surface area contributed by atoms with Crippen LogP contribution in [0.1, 0.15) is 6.23 Å². The van der Waals surface area contributed by atoms with Crippen molar-refractivity contribution in [3.63, 3.8) is 0 Å². The van der Waals surface area contributed by atoms with Crippen LogP contribution in [0, 0.1) is 4.91 Å². The fourth-order valence-electron chi connectivity index (χ4n) is 2.33. The molecule has 12 heteroatoms. The zero-order valence-corrected chi connectivity index (χ0v) is 11.0. The third kappa shape index (κ3) is 2.18. The van der Waals surface area contributed by atoms with Crippen LogP contribution in [-0.2, 0) is 9.57 Å². The highest BCUT2D eigenvalue weighted by Gasteiger charge is 2.45. The minimum Gasteiger partial charge on any atom is -0.387 e. The second kappa shape index (κ2) is 5.32. The number of fused-ring (bicyclic) bond motifs is 1. The number of nitrogens with one attached hydrogen (secondary N) is 1. The van der Waals surface area contributed by atoms with E-state index in [9.17, 15) is 19.9 Å². The maximum Gasteiger partial charge on any atom is 0.280 e. The molecule has 3 heterocycles. The third-order valence-corrected chi connectivity index (χ3v) is 3.35. The SMILES string of the molecule is Nc1nc2c(ncn2[C@@H]2O[C@H](CON=O)[C@@H](O)[C@H]2O)c(=O)[nH]1. The summed E-state index contributed by atoms with van der Waals surface area (Å²) in [4.78, 5) is 36.1. The molecule has 1 aliphatic heterocycles. The highest BCUT2D eigenvalue weighted by molar-refractivity contribution is 5.70. The summed E-state index contributed by atoms with van der Waals surface area (Å²) in [6.45, 7) is -0.332. The molecule has 4 atom stereocenters. The number of aromatic nitrogens is 4. The molecule has 0 amide bonds. The van der Waals surface area contributed by atoms with Gasteiger partial charge in [-0.15, -0.1) is 4.91 Å². The van der Waals surface area contributed by atoms with E-state index in [1.165, 1.54) is 10.9 Å². The lowest BCUT2D eigenvalue weighted by Crippen LogP contribution is -2.33. The second-order valence-electron chi connectivity index (χ2n) is 4.69. The van der Waals surface area contributed by atoms with E-state index in [1.807, 2.05) is 0 Å². The second-order valence-corrected chi connectivity index (χ2v) is 4.69. The van der Waals surface area contributed by atoms with Gasteiger partial charge in [0.25, 0.3) is 5.56 Å². The van der Waals surface area contributed by atoms with Crippen LogP contribution in [0.2, 0.25) is 0 Å². The Labute approximate surface area is 121 Å². The van der Waals surface area contributed by atoms with Crippen LogP contribution in [0.3, 0.4) is 0 Å². The number of hydrogen-bond donors (Lipinski definition) is 4. The largest absolute Gasteiger partial charge is 0.387 e. The van der Waals surface area contributed by atoms with Gasteiger partial charge in [0.1, 0.15) is 24.9 Å². The molecule has 1 fully saturated rings. The lowest BCUT2D eigenvalue weighted by atomic mass is 10.1. The van der Waals surface area contributed by atoms with Crippen LogP contribution in [-0.4, -0.2) is 54.7 Å². The van der Waals surface area contributed by atoms with Crippen molar-refractivity contribution >= 4 is 17.1 Å². The Hall–Kier alpha value is -2.57. The molecule has 0 saturated carbocycles. The summed E-state index contributed by atoms with van der Waals surface area (Å²) in [6, 6.07) is 0. The van der Waals surface area contributed by atoms with Gasteiger partial charge in [0.05, 0.1) is 6.33 Å². The Morgan fingerprint density at radius 3 is 3.00 bits per heavy atom. The van der Waals surface area contributed by atoms with Crippen molar-refractivity contribution < 1.29 is 19.8 Å². The number of aromatic amines is 1. The Kier molecular flexibility index (Phi) is 3.48. The normalized spacial score (nSPS) is 28.1. The van der Waals surface area contributed by atoms with Gasteiger partial charge in [0.2, 0.25) is 5.95 Å². The molecule has 0 unspecified atom stereocenters. The van der Waals surface area contributed by atoms with E-state index in [-0.39, 0.29) is 23.7 Å². The summed E-state index contributed by atoms with van der Waals surface area (Å²) < 4.78 is 6.69. The minimum atomic E-state index is -1.35. The zero-order valence-electron chi connectivity index (χ0n) is 11.0. The number of rotatable bonds is 4. The van der Waals surface area contributed by atoms with Gasteiger partial charge in [-0.05, 0) is 0 Å². The number of aliphatic hydroxyl groups excluding tert-OH is 2. The van der Waals surface area contributed by atoms with Crippen molar-refractivity contribution in [3.05, 3.63) is 21.6 Å². The molecule has 0 spiro atoms. The molecule has 2 aromatic heterocycles. The van der Waals surface area contributed by atoms with E-state index >= 15 is 0 Å². The molecule has 0 bridgehead atoms. The van der Waals surface area contributed by atoms with Crippen molar-refractivity contribution in [3.8, 4) is 0 Å². The predicted octanol–water partition coefficient (Wildman–Crippen LogP) is -1.98. The maximum atomic E-state index is 11.7. The fourth-order valence-corrected chi connectivity index (χ4v) is 2.33. The van der Waals surface area contributed by atoms with Crippen molar-refractivity contribution in [2.45, 2.75) is 24.5 Å². The summed E-state index contributed by atoms with van der Waals surface area (Å²) in [5.41, 5.74) is 5.03. The van der Waals surface area contributed by atoms with Crippen molar-refractivity contribution in [2.75, 3.05) is 12.3 Å². The molecule has 5 N–H and O–H groups in total. The van der Waals surface area contributed by atoms with E-state index in [4.69, 9.17) is 10.5 Å². The van der Waals surface area contributed by atoms with Crippen LogP contribution in [0.4, 0.5) is 5.95 Å². The van der Waals surface area contributed by atoms with Gasteiger partial charge in [-0.25, -0.2) is 4.98 Å². The van der Waals surface area contributed by atoms with Gasteiger partial charge in [0.15, 0.2) is 22.7 Å². The smallest absolute Gasteiger partial charge is 0.280 e. The number of H-pyrrole nitrogens is 1. The Morgan fingerprint density at radius 2 is 2.27 bits per heavy atom. The fraction of sp³-hybridized carbons (Fsp3) is 0.500. The van der Waals surface area contributed by atoms with Crippen molar-refractivity contribution in [2.24, 2.45) is 5.34 Å². The average Bonchev–Trinajstić information content (AvgIpc) is 3.00. The number of ether oxygens (including phenoxy) is 1. The van der Waals surface area contributed by atoms with Gasteiger partial charge in [-0.2, -0.15) is 4.98 Å². The highest BCUT2D eigenvalue weighted by atomic mass is 16.7. The number of hydrogen-bond acceptors (Lipinski definition) is 10. The van der Waals surface area contributed by atoms with E-state index in [2.05, 4.69) is 25.1 Å². The van der Waals surface area contributed by atoms with E-state index < -0.39 is 30.1 Å². The first-order chi connectivity index (χ1) is 10.5. The van der Waals surface area contributed by atoms with Crippen LogP contribution < -0.4 is 11.3 Å². The molecule has 3 rings (SSSR count). The van der Waals surface area contributed by atoms with E-state index in [1.54, 1.807) is 0 Å². The Morgan fingerprint density at radius 1 is 1.50 bits per heavy atom. The van der Waals surface area contributed by atoms with Crippen LogP contribution >= 0.6 is 0 Å². The Bertz CT molecular complexity index is 758. The Balaban J connectivity index is 1.97. The van der Waals surface area contributed by atoms with Gasteiger partial charge in [-0.1, -0.05) is 0 Å². The molecule has 2 aromatic rings. The summed E-state index contributed by atoms with van der Waals surface area (Å²) in [6.07, 6.45) is -3.49. The highest BCUT2D eigenvalue weighted by Crippen LogP contribution is 2.31. The lowest BCUT2D eigenvalue weighted by Gasteiger charge is -2.16. The van der Waals surface area contributed by atoms with Gasteiger partial charge < -0.3 is 25.5 Å². The van der Waals surface area contributed by atoms with Gasteiger partial charge in [0, 0.05) is 0 Å². The number of nitrogens with two attached hydrogens (primary N) is 1. The van der Waals surface area contributed by atoms with Gasteiger partial charge >= 0.3 is 0 Å². The molecule has 0 aliphatic carbocycles. The lowest BCUT2D eigenvalue weighted by molar-refractivity contribution is -0.0655.